The van der Waals surface area contributed by atoms with Crippen molar-refractivity contribution in [2.45, 2.75) is 0 Å². The molecule has 1 N–H and O–H groups in total. The van der Waals surface area contributed by atoms with Gasteiger partial charge in [0.05, 0.1) is 0 Å². The van der Waals surface area contributed by atoms with Crippen LogP contribution in [0.2, 0.25) is 0 Å². The van der Waals surface area contributed by atoms with Crippen molar-refractivity contribution in [3.8, 4) is 5.75 Å². The number of hydrogen-bond acceptors (Lipinski definition) is 3. The molecule has 6 aromatic rings. The fourth-order valence-corrected chi connectivity index (χ4v) is 4.38. The molecule has 1 aromatic heterocycles. The van der Waals surface area contributed by atoms with E-state index in [9.17, 15) is 5.02 Å². The predicted molar refractivity (Wildman–Crippen MR) is 115 cm³/mol. The zero-order valence-electron chi connectivity index (χ0n) is 14.8. The molecular formula is C24H14BO3. The van der Waals surface area contributed by atoms with Crippen LogP contribution in [0.3, 0.4) is 0 Å². The summed E-state index contributed by atoms with van der Waals surface area (Å²) in [5.74, 6) is 0.568. The van der Waals surface area contributed by atoms with E-state index < -0.39 is 0 Å². The molecule has 28 heavy (non-hydrogen) atoms. The summed E-state index contributed by atoms with van der Waals surface area (Å²) in [6.45, 7) is 0. The Morgan fingerprint density at radius 3 is 1.86 bits per heavy atom. The van der Waals surface area contributed by atoms with Crippen LogP contribution in [0.5, 0.6) is 5.75 Å². The highest BCUT2D eigenvalue weighted by atomic mass is 16.5. The van der Waals surface area contributed by atoms with Crippen molar-refractivity contribution in [3.63, 3.8) is 0 Å². The van der Waals surface area contributed by atoms with Crippen LogP contribution < -0.4 is 4.65 Å². The molecule has 1 radical (unpaired) electrons. The van der Waals surface area contributed by atoms with E-state index in [0.29, 0.717) is 13.4 Å². The second-order valence-corrected chi connectivity index (χ2v) is 6.91. The van der Waals surface area contributed by atoms with Crippen LogP contribution in [-0.4, -0.2) is 12.7 Å². The molecule has 0 amide bonds. The number of rotatable bonds is 2. The molecule has 0 atom stereocenters. The lowest BCUT2D eigenvalue weighted by Gasteiger charge is -2.08. The predicted octanol–water partition coefficient (Wildman–Crippen LogP) is 5.95. The van der Waals surface area contributed by atoms with Crippen molar-refractivity contribution in [2.24, 2.45) is 0 Å². The summed E-state index contributed by atoms with van der Waals surface area (Å²) >= 11 is 0. The minimum Gasteiger partial charge on any atom is -0.537 e. The molecule has 1 heterocycles. The van der Waals surface area contributed by atoms with E-state index in [2.05, 4.69) is 48.5 Å². The molecule has 0 aliphatic rings. The van der Waals surface area contributed by atoms with Gasteiger partial charge in [0.25, 0.3) is 0 Å². The molecule has 5 aromatic carbocycles. The van der Waals surface area contributed by atoms with Crippen molar-refractivity contribution in [2.75, 3.05) is 0 Å². The van der Waals surface area contributed by atoms with Crippen LogP contribution in [0.4, 0.5) is 0 Å². The van der Waals surface area contributed by atoms with Gasteiger partial charge in [-0.25, -0.2) is 0 Å². The maximum Gasteiger partial charge on any atom is 0.569 e. The Labute approximate surface area is 161 Å². The molecular weight excluding hydrogens is 347 g/mol. The van der Waals surface area contributed by atoms with E-state index in [1.807, 2.05) is 30.3 Å². The normalized spacial score (nSPS) is 11.8. The summed E-state index contributed by atoms with van der Waals surface area (Å²) in [6, 6.07) is 26.7. The molecule has 0 saturated heterocycles. The van der Waals surface area contributed by atoms with Gasteiger partial charge in [-0.3, -0.25) is 0 Å². The van der Waals surface area contributed by atoms with E-state index in [1.54, 1.807) is 0 Å². The Morgan fingerprint density at radius 2 is 1.18 bits per heavy atom. The van der Waals surface area contributed by atoms with Gasteiger partial charge in [-0.2, -0.15) is 0 Å². The molecule has 4 heteroatoms. The summed E-state index contributed by atoms with van der Waals surface area (Å²) in [7, 11) is 0.709. The Hall–Kier alpha value is -3.50. The molecule has 0 unspecified atom stereocenters. The summed E-state index contributed by atoms with van der Waals surface area (Å²) in [5, 5.41) is 18.0. The van der Waals surface area contributed by atoms with Gasteiger partial charge >= 0.3 is 7.69 Å². The van der Waals surface area contributed by atoms with Crippen molar-refractivity contribution in [1.82, 2.24) is 0 Å². The van der Waals surface area contributed by atoms with Crippen LogP contribution in [0.1, 0.15) is 0 Å². The van der Waals surface area contributed by atoms with Gasteiger partial charge < -0.3 is 14.1 Å². The number of fused-ring (bicyclic) bond motifs is 10. The van der Waals surface area contributed by atoms with Crippen LogP contribution in [0.25, 0.3) is 54.3 Å². The molecule has 0 aliphatic heterocycles. The van der Waals surface area contributed by atoms with Gasteiger partial charge in [0.2, 0.25) is 0 Å². The standard InChI is InChI=1S/C24H14BO3/c26-25-28-20-13-21-22(18-11-5-3-9-16(18)20)23-17-10-4-1-7-14(17)15-8-2-6-12-19(15)24(23)27-21/h1-13,26H. The maximum absolute atomic E-state index is 9.20. The van der Waals surface area contributed by atoms with Crippen molar-refractivity contribution in [1.29, 1.82) is 0 Å². The van der Waals surface area contributed by atoms with E-state index in [4.69, 9.17) is 9.07 Å². The Morgan fingerprint density at radius 1 is 0.643 bits per heavy atom. The van der Waals surface area contributed by atoms with Crippen molar-refractivity contribution >= 4 is 61.9 Å². The van der Waals surface area contributed by atoms with Crippen LogP contribution in [0.15, 0.2) is 83.3 Å². The second kappa shape index (κ2) is 5.75. The molecule has 0 bridgehead atoms. The zero-order chi connectivity index (χ0) is 18.7. The third-order valence-corrected chi connectivity index (χ3v) is 5.50. The maximum atomic E-state index is 9.20. The molecule has 131 valence electrons. The van der Waals surface area contributed by atoms with E-state index in [-0.39, 0.29) is 0 Å². The SMILES string of the molecule is O[B]Oc1cc2oc3c4ccccc4c4ccccc4c3c2c2ccccc12. The van der Waals surface area contributed by atoms with Gasteiger partial charge in [0.1, 0.15) is 16.9 Å². The van der Waals surface area contributed by atoms with Gasteiger partial charge in [0.15, 0.2) is 0 Å². The number of hydrogen-bond donors (Lipinski definition) is 1. The third kappa shape index (κ3) is 1.98. The van der Waals surface area contributed by atoms with Gasteiger partial charge in [-0.1, -0.05) is 72.8 Å². The highest BCUT2D eigenvalue weighted by Crippen LogP contribution is 2.45. The number of furan rings is 1. The lowest BCUT2D eigenvalue weighted by Crippen LogP contribution is -2.00. The summed E-state index contributed by atoms with van der Waals surface area (Å²) in [4.78, 5) is 0. The quantitative estimate of drug-likeness (QED) is 0.306. The van der Waals surface area contributed by atoms with E-state index in [0.717, 1.165) is 38.1 Å². The topological polar surface area (TPSA) is 42.6 Å². The minimum atomic E-state index is 0.568. The Bertz CT molecular complexity index is 1530. The lowest BCUT2D eigenvalue weighted by atomic mass is 9.95. The van der Waals surface area contributed by atoms with Gasteiger partial charge in [-0.15, -0.1) is 0 Å². The van der Waals surface area contributed by atoms with Crippen molar-refractivity contribution < 1.29 is 14.1 Å². The molecule has 0 aliphatic carbocycles. The fraction of sp³-hybridized carbons (Fsp3) is 0. The van der Waals surface area contributed by atoms with E-state index in [1.165, 1.54) is 16.2 Å². The first-order valence-corrected chi connectivity index (χ1v) is 9.17. The first-order chi connectivity index (χ1) is 13.9. The molecule has 0 fully saturated rings. The Kier molecular flexibility index (Phi) is 3.19. The average Bonchev–Trinajstić information content (AvgIpc) is 3.14. The zero-order valence-corrected chi connectivity index (χ0v) is 14.8. The van der Waals surface area contributed by atoms with Gasteiger partial charge in [0, 0.05) is 27.6 Å². The average molecular weight is 361 g/mol. The first-order valence-electron chi connectivity index (χ1n) is 9.17. The van der Waals surface area contributed by atoms with Crippen LogP contribution in [0, 0.1) is 0 Å². The van der Waals surface area contributed by atoms with Crippen LogP contribution in [-0.2, 0) is 0 Å². The second-order valence-electron chi connectivity index (χ2n) is 6.91. The molecule has 6 rings (SSSR count). The highest BCUT2D eigenvalue weighted by Gasteiger charge is 2.19. The monoisotopic (exact) mass is 361 g/mol. The van der Waals surface area contributed by atoms with Crippen LogP contribution >= 0.6 is 0 Å². The Balaban J connectivity index is 1.96. The number of benzene rings is 5. The molecule has 3 nitrogen and oxygen atoms in total. The minimum absolute atomic E-state index is 0.568. The summed E-state index contributed by atoms with van der Waals surface area (Å²) in [5.41, 5.74) is 1.62. The van der Waals surface area contributed by atoms with Crippen molar-refractivity contribution in [3.05, 3.63) is 78.9 Å². The fourth-order valence-electron chi connectivity index (χ4n) is 4.38. The highest BCUT2D eigenvalue weighted by molar-refractivity contribution is 6.34. The smallest absolute Gasteiger partial charge is 0.537 e. The summed E-state index contributed by atoms with van der Waals surface area (Å²) in [6.07, 6.45) is 0. The molecule has 0 spiro atoms. The third-order valence-electron chi connectivity index (χ3n) is 5.50. The lowest BCUT2D eigenvalue weighted by molar-refractivity contribution is 0.456. The van der Waals surface area contributed by atoms with Gasteiger partial charge in [-0.05, 0) is 21.5 Å². The first kappa shape index (κ1) is 15.6. The largest absolute Gasteiger partial charge is 0.569 e. The molecule has 0 saturated carbocycles. The van der Waals surface area contributed by atoms with E-state index >= 15 is 0 Å². The summed E-state index contributed by atoms with van der Waals surface area (Å²) < 4.78 is 11.8.